The summed E-state index contributed by atoms with van der Waals surface area (Å²) >= 11 is 0. The van der Waals surface area contributed by atoms with Gasteiger partial charge in [-0.2, -0.15) is 5.26 Å². The van der Waals surface area contributed by atoms with E-state index in [1.54, 1.807) is 0 Å². The van der Waals surface area contributed by atoms with Crippen molar-refractivity contribution in [3.8, 4) is 6.07 Å². The Morgan fingerprint density at radius 1 is 1.24 bits per heavy atom. The summed E-state index contributed by atoms with van der Waals surface area (Å²) in [5.41, 5.74) is 2.38. The van der Waals surface area contributed by atoms with E-state index < -0.39 is 0 Å². The van der Waals surface area contributed by atoms with Crippen molar-refractivity contribution in [2.75, 3.05) is 0 Å². The third-order valence-electron chi connectivity index (χ3n) is 2.91. The van der Waals surface area contributed by atoms with Crippen LogP contribution in [-0.2, 0) is 11.8 Å². The van der Waals surface area contributed by atoms with Crippen molar-refractivity contribution in [3.63, 3.8) is 0 Å². The summed E-state index contributed by atoms with van der Waals surface area (Å²) in [6.07, 6.45) is 4.26. The average molecular weight is 224 g/mol. The van der Waals surface area contributed by atoms with Gasteiger partial charge in [-0.15, -0.1) is 0 Å². The summed E-state index contributed by atoms with van der Waals surface area (Å²) in [6.45, 7) is 6.56. The van der Waals surface area contributed by atoms with Crippen LogP contribution in [0.2, 0.25) is 0 Å². The van der Waals surface area contributed by atoms with Crippen LogP contribution in [0.3, 0.4) is 0 Å². The van der Waals surface area contributed by atoms with E-state index in [4.69, 9.17) is 5.26 Å². The highest BCUT2D eigenvalue weighted by molar-refractivity contribution is 5.86. The predicted molar refractivity (Wildman–Crippen MR) is 69.8 cm³/mol. The van der Waals surface area contributed by atoms with Crippen LogP contribution in [-0.4, -0.2) is 4.98 Å². The van der Waals surface area contributed by atoms with Crippen molar-refractivity contribution in [1.82, 2.24) is 4.98 Å². The SMILES string of the molecule is CC(C)(C)c1cncc2cc(CC#N)ccc12. The van der Waals surface area contributed by atoms with Gasteiger partial charge in [-0.1, -0.05) is 32.9 Å². The largest absolute Gasteiger partial charge is 0.264 e. The Labute approximate surface area is 102 Å². The molecule has 1 heterocycles. The van der Waals surface area contributed by atoms with Crippen LogP contribution >= 0.6 is 0 Å². The van der Waals surface area contributed by atoms with Crippen LogP contribution < -0.4 is 0 Å². The van der Waals surface area contributed by atoms with E-state index in [2.05, 4.69) is 44.0 Å². The van der Waals surface area contributed by atoms with Crippen molar-refractivity contribution in [2.24, 2.45) is 0 Å². The maximum absolute atomic E-state index is 8.71. The zero-order valence-corrected chi connectivity index (χ0v) is 10.5. The summed E-state index contributed by atoms with van der Waals surface area (Å²) in [4.78, 5) is 4.30. The lowest BCUT2D eigenvalue weighted by atomic mass is 9.85. The van der Waals surface area contributed by atoms with Gasteiger partial charge in [0.2, 0.25) is 0 Å². The number of hydrogen-bond donors (Lipinski definition) is 0. The fraction of sp³-hybridized carbons (Fsp3) is 0.333. The molecule has 2 aromatic rings. The standard InChI is InChI=1S/C15H16N2/c1-15(2,3)14-10-17-9-12-8-11(6-7-16)4-5-13(12)14/h4-5,8-10H,6H2,1-3H3. The van der Waals surface area contributed by atoms with Crippen LogP contribution in [0.15, 0.2) is 30.6 Å². The summed E-state index contributed by atoms with van der Waals surface area (Å²) < 4.78 is 0. The van der Waals surface area contributed by atoms with Gasteiger partial charge in [-0.3, -0.25) is 4.98 Å². The van der Waals surface area contributed by atoms with Crippen LogP contribution in [0.1, 0.15) is 31.9 Å². The van der Waals surface area contributed by atoms with Crippen molar-refractivity contribution in [3.05, 3.63) is 41.7 Å². The smallest absolute Gasteiger partial charge is 0.0669 e. The summed E-state index contributed by atoms with van der Waals surface area (Å²) in [6, 6.07) is 8.36. The Bertz CT molecular complexity index is 586. The van der Waals surface area contributed by atoms with E-state index in [1.807, 2.05) is 18.5 Å². The third-order valence-corrected chi connectivity index (χ3v) is 2.91. The minimum Gasteiger partial charge on any atom is -0.264 e. The molecule has 0 aliphatic rings. The number of nitrogens with zero attached hydrogens (tertiary/aromatic N) is 2. The second-order valence-electron chi connectivity index (χ2n) is 5.33. The molecule has 0 amide bonds. The first-order valence-electron chi connectivity index (χ1n) is 5.76. The van der Waals surface area contributed by atoms with Crippen LogP contribution in [0.25, 0.3) is 10.8 Å². The third kappa shape index (κ3) is 2.29. The Balaban J connectivity index is 2.64. The maximum atomic E-state index is 8.71. The highest BCUT2D eigenvalue weighted by Crippen LogP contribution is 2.29. The molecule has 2 heteroatoms. The number of hydrogen-bond acceptors (Lipinski definition) is 2. The van der Waals surface area contributed by atoms with E-state index in [-0.39, 0.29) is 5.41 Å². The van der Waals surface area contributed by atoms with E-state index in [9.17, 15) is 0 Å². The molecule has 0 bridgehead atoms. The normalized spacial score (nSPS) is 11.4. The highest BCUT2D eigenvalue weighted by Gasteiger charge is 2.16. The molecule has 0 unspecified atom stereocenters. The molecule has 1 aromatic heterocycles. The van der Waals surface area contributed by atoms with Gasteiger partial charge in [0, 0.05) is 17.8 Å². The number of rotatable bonds is 1. The fourth-order valence-corrected chi connectivity index (χ4v) is 2.02. The summed E-state index contributed by atoms with van der Waals surface area (Å²) in [5, 5.41) is 11.1. The molecule has 0 aliphatic heterocycles. The lowest BCUT2D eigenvalue weighted by Gasteiger charge is -2.20. The molecule has 0 N–H and O–H groups in total. The Morgan fingerprint density at radius 2 is 2.00 bits per heavy atom. The molecular formula is C15H16N2. The van der Waals surface area contributed by atoms with Gasteiger partial charge in [-0.05, 0) is 28.0 Å². The molecule has 2 nitrogen and oxygen atoms in total. The van der Waals surface area contributed by atoms with Crippen LogP contribution in [0, 0.1) is 11.3 Å². The van der Waals surface area contributed by atoms with E-state index >= 15 is 0 Å². The Morgan fingerprint density at radius 3 is 2.65 bits per heavy atom. The molecule has 1 aromatic carbocycles. The molecular weight excluding hydrogens is 208 g/mol. The van der Waals surface area contributed by atoms with Crippen LogP contribution in [0.5, 0.6) is 0 Å². The van der Waals surface area contributed by atoms with Gasteiger partial charge in [0.05, 0.1) is 12.5 Å². The number of aromatic nitrogens is 1. The first-order chi connectivity index (χ1) is 8.02. The zero-order chi connectivity index (χ0) is 12.5. The van der Waals surface area contributed by atoms with E-state index in [0.717, 1.165) is 10.9 Å². The molecule has 0 aliphatic carbocycles. The second-order valence-corrected chi connectivity index (χ2v) is 5.33. The lowest BCUT2D eigenvalue weighted by molar-refractivity contribution is 0.593. The molecule has 0 fully saturated rings. The lowest BCUT2D eigenvalue weighted by Crippen LogP contribution is -2.12. The Kier molecular flexibility index (Phi) is 2.85. The second kappa shape index (κ2) is 4.18. The van der Waals surface area contributed by atoms with Crippen molar-refractivity contribution < 1.29 is 0 Å². The van der Waals surface area contributed by atoms with Gasteiger partial charge in [0.1, 0.15) is 0 Å². The first kappa shape index (κ1) is 11.6. The van der Waals surface area contributed by atoms with Crippen molar-refractivity contribution >= 4 is 10.8 Å². The quantitative estimate of drug-likeness (QED) is 0.742. The molecule has 17 heavy (non-hydrogen) atoms. The van der Waals surface area contributed by atoms with E-state index in [0.29, 0.717) is 6.42 Å². The molecule has 0 saturated heterocycles. The highest BCUT2D eigenvalue weighted by atomic mass is 14.6. The zero-order valence-electron chi connectivity index (χ0n) is 10.5. The molecule has 0 saturated carbocycles. The summed E-state index contributed by atoms with van der Waals surface area (Å²) in [5.74, 6) is 0. The van der Waals surface area contributed by atoms with E-state index in [1.165, 1.54) is 10.9 Å². The van der Waals surface area contributed by atoms with Crippen molar-refractivity contribution in [1.29, 1.82) is 5.26 Å². The number of benzene rings is 1. The van der Waals surface area contributed by atoms with Gasteiger partial charge in [0.15, 0.2) is 0 Å². The number of pyridine rings is 1. The fourth-order valence-electron chi connectivity index (χ4n) is 2.02. The van der Waals surface area contributed by atoms with Gasteiger partial charge in [0.25, 0.3) is 0 Å². The molecule has 2 rings (SSSR count). The monoisotopic (exact) mass is 224 g/mol. The van der Waals surface area contributed by atoms with Gasteiger partial charge >= 0.3 is 0 Å². The van der Waals surface area contributed by atoms with Gasteiger partial charge in [-0.25, -0.2) is 0 Å². The summed E-state index contributed by atoms with van der Waals surface area (Å²) in [7, 11) is 0. The van der Waals surface area contributed by atoms with Gasteiger partial charge < -0.3 is 0 Å². The maximum Gasteiger partial charge on any atom is 0.0669 e. The molecule has 86 valence electrons. The Hall–Kier alpha value is -1.88. The number of fused-ring (bicyclic) bond motifs is 1. The predicted octanol–water partition coefficient (Wildman–Crippen LogP) is 3.60. The first-order valence-corrected chi connectivity index (χ1v) is 5.76. The average Bonchev–Trinajstić information content (AvgIpc) is 2.27. The minimum atomic E-state index is 0.0866. The molecule has 0 radical (unpaired) electrons. The van der Waals surface area contributed by atoms with Crippen LogP contribution in [0.4, 0.5) is 0 Å². The minimum absolute atomic E-state index is 0.0866. The number of nitriles is 1. The molecule has 0 spiro atoms. The molecule has 0 atom stereocenters. The van der Waals surface area contributed by atoms with Crippen molar-refractivity contribution in [2.45, 2.75) is 32.6 Å². The topological polar surface area (TPSA) is 36.7 Å².